The van der Waals surface area contributed by atoms with Crippen molar-refractivity contribution < 1.29 is 22.7 Å². The molecule has 0 heterocycles. The minimum absolute atomic E-state index is 0.0222. The molecule has 4 aromatic carbocycles. The number of carbonyl (C=O) groups excluding carboxylic acids is 2. The molecule has 0 saturated heterocycles. The number of carbonyl (C=O) groups is 2. The fraction of sp³-hybridized carbons (Fsp3) is 0.257. The lowest BCUT2D eigenvalue weighted by molar-refractivity contribution is -0.140. The summed E-state index contributed by atoms with van der Waals surface area (Å²) in [4.78, 5) is 29.8. The van der Waals surface area contributed by atoms with Crippen molar-refractivity contribution in [2.45, 2.75) is 37.8 Å². The first-order valence-corrected chi connectivity index (χ1v) is 17.4. The van der Waals surface area contributed by atoms with E-state index in [0.717, 1.165) is 19.9 Å². The highest BCUT2D eigenvalue weighted by Gasteiger charge is 2.34. The molecule has 0 aromatic heterocycles. The number of sulfonamides is 1. The Morgan fingerprint density at radius 3 is 2.09 bits per heavy atom. The van der Waals surface area contributed by atoms with Crippen molar-refractivity contribution >= 4 is 55.1 Å². The van der Waals surface area contributed by atoms with E-state index in [0.29, 0.717) is 17.3 Å². The molecule has 1 atom stereocenters. The van der Waals surface area contributed by atoms with E-state index in [9.17, 15) is 18.0 Å². The van der Waals surface area contributed by atoms with E-state index in [-0.39, 0.29) is 35.4 Å². The van der Waals surface area contributed by atoms with E-state index in [1.165, 1.54) is 24.1 Å². The van der Waals surface area contributed by atoms with Gasteiger partial charge in [0.1, 0.15) is 18.3 Å². The van der Waals surface area contributed by atoms with E-state index in [2.05, 4.69) is 21.2 Å². The summed E-state index contributed by atoms with van der Waals surface area (Å²) in [5, 5.41) is 3.41. The van der Waals surface area contributed by atoms with Gasteiger partial charge in [-0.15, -0.1) is 0 Å². The lowest BCUT2D eigenvalue weighted by atomic mass is 10.0. The molecule has 0 aliphatic heterocycles. The third-order valence-corrected chi connectivity index (χ3v) is 9.83. The van der Waals surface area contributed by atoms with Crippen LogP contribution in [0.1, 0.15) is 25.0 Å². The van der Waals surface area contributed by atoms with Gasteiger partial charge in [0.15, 0.2) is 0 Å². The number of hydrogen-bond donors (Lipinski definition) is 1. The van der Waals surface area contributed by atoms with Crippen molar-refractivity contribution in [3.05, 3.63) is 124 Å². The Hall–Kier alpha value is -3.86. The number of anilines is 1. The van der Waals surface area contributed by atoms with E-state index in [4.69, 9.17) is 16.3 Å². The van der Waals surface area contributed by atoms with Gasteiger partial charge in [0.25, 0.3) is 10.0 Å². The normalized spacial score (nSPS) is 12.0. The van der Waals surface area contributed by atoms with Gasteiger partial charge in [-0.3, -0.25) is 13.9 Å². The molecule has 11 heteroatoms. The van der Waals surface area contributed by atoms with Crippen LogP contribution in [0.4, 0.5) is 5.69 Å². The predicted octanol–water partition coefficient (Wildman–Crippen LogP) is 6.72. The van der Waals surface area contributed by atoms with Crippen molar-refractivity contribution in [2.75, 3.05) is 24.5 Å². The van der Waals surface area contributed by atoms with Gasteiger partial charge < -0.3 is 15.0 Å². The van der Waals surface area contributed by atoms with E-state index in [1.54, 1.807) is 36.4 Å². The molecular weight excluding hydrogens is 690 g/mol. The number of methoxy groups -OCH3 is 1. The van der Waals surface area contributed by atoms with Crippen molar-refractivity contribution in [2.24, 2.45) is 5.92 Å². The van der Waals surface area contributed by atoms with Crippen LogP contribution >= 0.6 is 27.5 Å². The summed E-state index contributed by atoms with van der Waals surface area (Å²) in [5.74, 6) is -0.188. The van der Waals surface area contributed by atoms with E-state index < -0.39 is 28.5 Å². The molecule has 0 aliphatic carbocycles. The smallest absolute Gasteiger partial charge is 0.264 e. The molecule has 1 N–H and O–H groups in total. The average molecular weight is 727 g/mol. The number of nitrogens with one attached hydrogen (secondary N) is 1. The minimum atomic E-state index is -4.24. The van der Waals surface area contributed by atoms with Gasteiger partial charge in [0.2, 0.25) is 11.8 Å². The summed E-state index contributed by atoms with van der Waals surface area (Å²) in [5.41, 5.74) is 1.89. The number of halogens is 2. The molecule has 4 rings (SSSR count). The van der Waals surface area contributed by atoms with Crippen LogP contribution in [0.3, 0.4) is 0 Å². The van der Waals surface area contributed by atoms with Crippen molar-refractivity contribution in [3.8, 4) is 5.75 Å². The van der Waals surface area contributed by atoms with Gasteiger partial charge in [0.05, 0.1) is 17.7 Å². The Morgan fingerprint density at radius 1 is 0.870 bits per heavy atom. The van der Waals surface area contributed by atoms with Crippen LogP contribution in [0.2, 0.25) is 5.02 Å². The van der Waals surface area contributed by atoms with Crippen molar-refractivity contribution in [1.29, 1.82) is 0 Å². The van der Waals surface area contributed by atoms with Crippen LogP contribution < -0.4 is 14.4 Å². The Morgan fingerprint density at radius 2 is 1.50 bits per heavy atom. The Balaban J connectivity index is 1.79. The second kappa shape index (κ2) is 16.1. The van der Waals surface area contributed by atoms with Gasteiger partial charge in [-0.2, -0.15) is 0 Å². The maximum atomic E-state index is 14.5. The Labute approximate surface area is 284 Å². The average Bonchev–Trinajstić information content (AvgIpc) is 3.05. The van der Waals surface area contributed by atoms with Crippen LogP contribution in [0.15, 0.2) is 112 Å². The van der Waals surface area contributed by atoms with Gasteiger partial charge in [-0.05, 0) is 77.7 Å². The maximum absolute atomic E-state index is 14.5. The molecule has 2 amide bonds. The van der Waals surface area contributed by atoms with Gasteiger partial charge in [-0.25, -0.2) is 8.42 Å². The van der Waals surface area contributed by atoms with E-state index in [1.807, 2.05) is 68.4 Å². The molecule has 4 aromatic rings. The summed E-state index contributed by atoms with van der Waals surface area (Å²) in [6, 6.07) is 28.1. The quantitative estimate of drug-likeness (QED) is 0.156. The first-order chi connectivity index (χ1) is 22.0. The predicted molar refractivity (Wildman–Crippen MR) is 185 cm³/mol. The van der Waals surface area contributed by atoms with Crippen LogP contribution in [0.5, 0.6) is 5.75 Å². The molecule has 46 heavy (non-hydrogen) atoms. The highest BCUT2D eigenvalue weighted by Crippen LogP contribution is 2.27. The topological polar surface area (TPSA) is 96.0 Å². The maximum Gasteiger partial charge on any atom is 0.264 e. The Bertz CT molecular complexity index is 1700. The molecule has 0 fully saturated rings. The zero-order chi connectivity index (χ0) is 33.3. The number of amides is 2. The summed E-state index contributed by atoms with van der Waals surface area (Å²) in [6.45, 7) is 3.93. The fourth-order valence-corrected chi connectivity index (χ4v) is 6.58. The molecule has 0 radical (unpaired) electrons. The van der Waals surface area contributed by atoms with Crippen LogP contribution in [0.25, 0.3) is 0 Å². The fourth-order valence-electron chi connectivity index (χ4n) is 4.77. The standard InChI is InChI=1S/C35H37BrClN3O5S/c1-25(2)22-38-35(42)33(21-26-7-5-4-6-8-26)39(23-27-9-11-28(36)12-10-27)34(41)24-40(30-15-13-29(37)14-16-30)46(43,44)32-19-17-31(45-3)18-20-32/h4-20,25,33H,21-24H2,1-3H3,(H,38,42)/t33-/m0/s1. The lowest BCUT2D eigenvalue weighted by Gasteiger charge is -2.34. The van der Waals surface area contributed by atoms with E-state index >= 15 is 0 Å². The largest absolute Gasteiger partial charge is 0.497 e. The summed E-state index contributed by atoms with van der Waals surface area (Å²) < 4.78 is 35.4. The highest BCUT2D eigenvalue weighted by atomic mass is 79.9. The highest BCUT2D eigenvalue weighted by molar-refractivity contribution is 9.10. The number of nitrogens with zero attached hydrogens (tertiary/aromatic N) is 2. The molecule has 0 aliphatic rings. The van der Waals surface area contributed by atoms with Gasteiger partial charge >= 0.3 is 0 Å². The number of ether oxygens (including phenoxy) is 1. The first-order valence-electron chi connectivity index (χ1n) is 14.8. The third kappa shape index (κ3) is 9.34. The molecule has 242 valence electrons. The third-order valence-electron chi connectivity index (χ3n) is 7.26. The lowest BCUT2D eigenvalue weighted by Crippen LogP contribution is -2.53. The molecule has 0 unspecified atom stereocenters. The summed E-state index contributed by atoms with van der Waals surface area (Å²) >= 11 is 9.59. The van der Waals surface area contributed by atoms with Crippen LogP contribution in [0, 0.1) is 5.92 Å². The number of benzene rings is 4. The molecular formula is C35H37BrClN3O5S. The minimum Gasteiger partial charge on any atom is -0.497 e. The monoisotopic (exact) mass is 725 g/mol. The second-order valence-corrected chi connectivity index (χ2v) is 14.4. The van der Waals surface area contributed by atoms with Crippen molar-refractivity contribution in [3.63, 3.8) is 0 Å². The van der Waals surface area contributed by atoms with Crippen LogP contribution in [-0.2, 0) is 32.6 Å². The number of rotatable bonds is 14. The first kappa shape index (κ1) is 35.0. The second-order valence-electron chi connectivity index (χ2n) is 11.2. The van der Waals surface area contributed by atoms with Gasteiger partial charge in [-0.1, -0.05) is 83.8 Å². The van der Waals surface area contributed by atoms with Crippen LogP contribution in [-0.4, -0.2) is 51.4 Å². The zero-order valence-electron chi connectivity index (χ0n) is 25.9. The molecule has 0 saturated carbocycles. The SMILES string of the molecule is COc1ccc(S(=O)(=O)N(CC(=O)N(Cc2ccc(Br)cc2)[C@@H](Cc2ccccc2)C(=O)NCC(C)C)c2ccc(Cl)cc2)cc1. The number of hydrogen-bond acceptors (Lipinski definition) is 5. The zero-order valence-corrected chi connectivity index (χ0v) is 29.1. The molecule has 8 nitrogen and oxygen atoms in total. The Kier molecular flexibility index (Phi) is 12.3. The van der Waals surface area contributed by atoms with Gasteiger partial charge in [0, 0.05) is 29.0 Å². The molecule has 0 bridgehead atoms. The summed E-state index contributed by atoms with van der Waals surface area (Å²) in [7, 11) is -2.75. The van der Waals surface area contributed by atoms with Crippen molar-refractivity contribution in [1.82, 2.24) is 10.2 Å². The molecule has 0 spiro atoms. The summed E-state index contributed by atoms with van der Waals surface area (Å²) in [6.07, 6.45) is 0.235.